The monoisotopic (exact) mass is 213 g/mol. The normalized spacial score (nSPS) is 23.3. The van der Waals surface area contributed by atoms with Crippen LogP contribution < -0.4 is 0 Å². The van der Waals surface area contributed by atoms with Crippen LogP contribution >= 0.6 is 0 Å². The van der Waals surface area contributed by atoms with Crippen molar-refractivity contribution in [2.75, 3.05) is 40.8 Å². The van der Waals surface area contributed by atoms with Crippen molar-refractivity contribution in [3.63, 3.8) is 0 Å². The first-order chi connectivity index (χ1) is 6.93. The zero-order valence-corrected chi connectivity index (χ0v) is 10.5. The van der Waals surface area contributed by atoms with E-state index in [9.17, 15) is 4.79 Å². The highest BCUT2D eigenvalue weighted by Gasteiger charge is 2.31. The number of piperazine rings is 1. The average molecular weight is 213 g/mol. The van der Waals surface area contributed by atoms with Gasteiger partial charge in [-0.1, -0.05) is 13.8 Å². The second-order valence-electron chi connectivity index (χ2n) is 4.94. The highest BCUT2D eigenvalue weighted by molar-refractivity contribution is 5.74. The van der Waals surface area contributed by atoms with Crippen LogP contribution in [0.3, 0.4) is 0 Å². The summed E-state index contributed by atoms with van der Waals surface area (Å²) < 4.78 is 0. The van der Waals surface area contributed by atoms with E-state index in [0.29, 0.717) is 12.0 Å². The Labute approximate surface area is 92.8 Å². The lowest BCUT2D eigenvalue weighted by molar-refractivity contribution is 0.0732. The molecule has 0 aromatic heterocycles. The van der Waals surface area contributed by atoms with Crippen molar-refractivity contribution in [3.8, 4) is 0 Å². The third-order valence-corrected chi connectivity index (χ3v) is 3.02. The highest BCUT2D eigenvalue weighted by Crippen LogP contribution is 2.17. The van der Waals surface area contributed by atoms with Crippen molar-refractivity contribution in [2.24, 2.45) is 5.92 Å². The van der Waals surface area contributed by atoms with Crippen molar-refractivity contribution in [1.29, 1.82) is 0 Å². The minimum absolute atomic E-state index is 0.141. The lowest BCUT2D eigenvalue weighted by Crippen LogP contribution is -2.58. The zero-order chi connectivity index (χ0) is 11.6. The number of nitrogens with zero attached hydrogens (tertiary/aromatic N) is 3. The van der Waals surface area contributed by atoms with Crippen LogP contribution in [0.1, 0.15) is 13.8 Å². The zero-order valence-electron chi connectivity index (χ0n) is 10.5. The van der Waals surface area contributed by atoms with Crippen LogP contribution in [0.2, 0.25) is 0 Å². The largest absolute Gasteiger partial charge is 0.331 e. The summed E-state index contributed by atoms with van der Waals surface area (Å²) in [5.74, 6) is 0.511. The maximum atomic E-state index is 12.0. The van der Waals surface area contributed by atoms with Crippen molar-refractivity contribution in [2.45, 2.75) is 19.9 Å². The Kier molecular flexibility index (Phi) is 3.97. The number of carbonyl (C=O) groups excluding carboxylic acids is 1. The molecule has 1 aliphatic heterocycles. The second kappa shape index (κ2) is 4.84. The Balaban J connectivity index is 2.72. The first kappa shape index (κ1) is 12.3. The third kappa shape index (κ3) is 2.84. The molecule has 4 nitrogen and oxygen atoms in total. The summed E-state index contributed by atoms with van der Waals surface area (Å²) in [6.45, 7) is 7.16. The molecule has 2 amide bonds. The van der Waals surface area contributed by atoms with E-state index in [0.717, 1.165) is 19.6 Å². The SMILES string of the molecule is CC(C)C1CN(C)CCN1C(=O)N(C)C. The summed E-state index contributed by atoms with van der Waals surface area (Å²) in [6, 6.07) is 0.487. The minimum atomic E-state index is 0.141. The summed E-state index contributed by atoms with van der Waals surface area (Å²) in [5.41, 5.74) is 0. The molecule has 0 bridgehead atoms. The predicted octanol–water partition coefficient (Wildman–Crippen LogP) is 0.940. The van der Waals surface area contributed by atoms with Crippen molar-refractivity contribution in [1.82, 2.24) is 14.7 Å². The molecule has 15 heavy (non-hydrogen) atoms. The Bertz CT molecular complexity index is 228. The van der Waals surface area contributed by atoms with Crippen molar-refractivity contribution < 1.29 is 4.79 Å². The fraction of sp³-hybridized carbons (Fsp3) is 0.909. The van der Waals surface area contributed by atoms with E-state index in [-0.39, 0.29) is 6.03 Å². The van der Waals surface area contributed by atoms with Gasteiger partial charge in [0, 0.05) is 39.8 Å². The van der Waals surface area contributed by atoms with Gasteiger partial charge in [0.15, 0.2) is 0 Å². The molecule has 0 N–H and O–H groups in total. The van der Waals surface area contributed by atoms with Gasteiger partial charge in [-0.2, -0.15) is 0 Å². The van der Waals surface area contributed by atoms with Gasteiger partial charge in [-0.3, -0.25) is 0 Å². The van der Waals surface area contributed by atoms with Gasteiger partial charge in [0.1, 0.15) is 0 Å². The number of carbonyl (C=O) groups is 1. The third-order valence-electron chi connectivity index (χ3n) is 3.02. The Morgan fingerprint density at radius 2 is 1.93 bits per heavy atom. The van der Waals surface area contributed by atoms with E-state index in [1.54, 1.807) is 4.90 Å². The smallest absolute Gasteiger partial charge is 0.319 e. The molecular weight excluding hydrogens is 190 g/mol. The maximum absolute atomic E-state index is 12.0. The lowest BCUT2D eigenvalue weighted by Gasteiger charge is -2.43. The van der Waals surface area contributed by atoms with Crippen LogP contribution in [0.15, 0.2) is 0 Å². The van der Waals surface area contributed by atoms with Gasteiger partial charge in [0.05, 0.1) is 0 Å². The number of likely N-dealkylation sites (N-methyl/N-ethyl adjacent to an activating group) is 1. The molecule has 0 saturated carbocycles. The number of hydrogen-bond donors (Lipinski definition) is 0. The molecule has 0 aromatic rings. The van der Waals surface area contributed by atoms with Gasteiger partial charge in [0.2, 0.25) is 0 Å². The number of amides is 2. The molecule has 1 fully saturated rings. The fourth-order valence-corrected chi connectivity index (χ4v) is 2.02. The van der Waals surface area contributed by atoms with Gasteiger partial charge in [-0.05, 0) is 13.0 Å². The van der Waals surface area contributed by atoms with Crippen LogP contribution in [-0.2, 0) is 0 Å². The molecule has 1 atom stereocenters. The summed E-state index contributed by atoms with van der Waals surface area (Å²) in [5, 5.41) is 0. The van der Waals surface area contributed by atoms with Crippen LogP contribution in [-0.4, -0.2) is 67.5 Å². The summed E-state index contributed by atoms with van der Waals surface area (Å²) >= 11 is 0. The second-order valence-corrected chi connectivity index (χ2v) is 4.94. The summed E-state index contributed by atoms with van der Waals surface area (Å²) in [6.07, 6.45) is 0. The Hall–Kier alpha value is -0.770. The van der Waals surface area contributed by atoms with Crippen LogP contribution in [0, 0.1) is 5.92 Å². The molecule has 1 unspecified atom stereocenters. The van der Waals surface area contributed by atoms with Gasteiger partial charge >= 0.3 is 6.03 Å². The molecule has 0 spiro atoms. The van der Waals surface area contributed by atoms with Crippen molar-refractivity contribution >= 4 is 6.03 Å². The molecular formula is C11H23N3O. The Morgan fingerprint density at radius 1 is 1.33 bits per heavy atom. The number of rotatable bonds is 1. The van der Waals surface area contributed by atoms with Crippen molar-refractivity contribution in [3.05, 3.63) is 0 Å². The predicted molar refractivity (Wildman–Crippen MR) is 61.9 cm³/mol. The van der Waals surface area contributed by atoms with E-state index in [1.807, 2.05) is 19.0 Å². The molecule has 1 rings (SSSR count). The standard InChI is InChI=1S/C11H23N3O/c1-9(2)10-8-13(5)6-7-14(10)11(15)12(3)4/h9-10H,6-8H2,1-5H3. The Morgan fingerprint density at radius 3 is 2.40 bits per heavy atom. The molecule has 0 aromatic carbocycles. The molecule has 0 aliphatic carbocycles. The fourth-order valence-electron chi connectivity index (χ4n) is 2.02. The quantitative estimate of drug-likeness (QED) is 0.648. The first-order valence-electron chi connectivity index (χ1n) is 5.60. The van der Waals surface area contributed by atoms with Gasteiger partial charge in [-0.15, -0.1) is 0 Å². The first-order valence-corrected chi connectivity index (χ1v) is 5.60. The van der Waals surface area contributed by atoms with Gasteiger partial charge < -0.3 is 14.7 Å². The lowest BCUT2D eigenvalue weighted by atomic mass is 10.0. The van der Waals surface area contributed by atoms with Crippen LogP contribution in [0.4, 0.5) is 4.79 Å². The highest BCUT2D eigenvalue weighted by atomic mass is 16.2. The summed E-state index contributed by atoms with van der Waals surface area (Å²) in [7, 11) is 5.75. The summed E-state index contributed by atoms with van der Waals surface area (Å²) in [4.78, 5) is 17.9. The average Bonchev–Trinajstić information content (AvgIpc) is 2.16. The molecule has 0 radical (unpaired) electrons. The molecule has 88 valence electrons. The van der Waals surface area contributed by atoms with E-state index in [2.05, 4.69) is 25.8 Å². The van der Waals surface area contributed by atoms with Gasteiger partial charge in [0.25, 0.3) is 0 Å². The minimum Gasteiger partial charge on any atom is -0.331 e. The number of hydrogen-bond acceptors (Lipinski definition) is 2. The maximum Gasteiger partial charge on any atom is 0.319 e. The van der Waals surface area contributed by atoms with E-state index in [4.69, 9.17) is 0 Å². The molecule has 1 saturated heterocycles. The van der Waals surface area contributed by atoms with E-state index < -0.39 is 0 Å². The van der Waals surface area contributed by atoms with E-state index in [1.165, 1.54) is 0 Å². The van der Waals surface area contributed by atoms with Gasteiger partial charge in [-0.25, -0.2) is 4.79 Å². The molecule has 1 heterocycles. The topological polar surface area (TPSA) is 26.8 Å². The molecule has 1 aliphatic rings. The number of urea groups is 1. The van der Waals surface area contributed by atoms with E-state index >= 15 is 0 Å². The van der Waals surface area contributed by atoms with Crippen LogP contribution in [0.5, 0.6) is 0 Å². The molecule has 4 heteroatoms. The van der Waals surface area contributed by atoms with Crippen LogP contribution in [0.25, 0.3) is 0 Å².